The molecule has 0 aliphatic carbocycles. The molecule has 1 saturated heterocycles. The van der Waals surface area contributed by atoms with Crippen molar-refractivity contribution in [3.8, 4) is 0 Å². The number of carbonyl (C=O) groups excluding carboxylic acids is 1. The normalized spacial score (nSPS) is 17.1. The van der Waals surface area contributed by atoms with Crippen LogP contribution in [-0.2, 0) is 29.1 Å². The van der Waals surface area contributed by atoms with Gasteiger partial charge in [-0.15, -0.1) is 0 Å². The fraction of sp³-hybridized carbons (Fsp3) is 0.435. The van der Waals surface area contributed by atoms with Crippen LogP contribution in [0.15, 0.2) is 39.7 Å². The molecule has 1 aliphatic rings. The molecule has 0 radical (unpaired) electrons. The molecule has 2 aromatic rings. The number of nitrogens with two attached hydrogens (primary N) is 1. The van der Waals surface area contributed by atoms with Gasteiger partial charge in [-0.25, -0.2) is 8.42 Å². The molecule has 0 spiro atoms. The van der Waals surface area contributed by atoms with Crippen LogP contribution in [-0.4, -0.2) is 44.6 Å². The van der Waals surface area contributed by atoms with Crippen molar-refractivity contribution in [2.45, 2.75) is 37.5 Å². The van der Waals surface area contributed by atoms with Gasteiger partial charge in [-0.1, -0.05) is 34.5 Å². The van der Waals surface area contributed by atoms with Gasteiger partial charge in [0.25, 0.3) is 5.91 Å². The van der Waals surface area contributed by atoms with E-state index >= 15 is 0 Å². The Labute approximate surface area is 216 Å². The number of benzene rings is 2. The van der Waals surface area contributed by atoms with E-state index in [4.69, 9.17) is 17.3 Å². The van der Waals surface area contributed by atoms with Crippen LogP contribution in [0.4, 0.5) is 13.2 Å². The highest BCUT2D eigenvalue weighted by Crippen LogP contribution is 2.37. The Balaban J connectivity index is 1.86. The van der Waals surface area contributed by atoms with Gasteiger partial charge < -0.3 is 11.1 Å². The third kappa shape index (κ3) is 6.76. The molecule has 35 heavy (non-hydrogen) atoms. The molecule has 192 valence electrons. The van der Waals surface area contributed by atoms with Crippen molar-refractivity contribution in [2.24, 2.45) is 11.7 Å². The summed E-state index contributed by atoms with van der Waals surface area (Å²) in [6.45, 7) is 3.10. The summed E-state index contributed by atoms with van der Waals surface area (Å²) in [6, 6.07) is 6.36. The molecule has 1 atom stereocenters. The second-order valence-corrected chi connectivity index (χ2v) is 12.0. The highest BCUT2D eigenvalue weighted by atomic mass is 79.9. The van der Waals surface area contributed by atoms with E-state index in [0.29, 0.717) is 19.6 Å². The first-order chi connectivity index (χ1) is 16.4. The minimum absolute atomic E-state index is 0.0126. The quantitative estimate of drug-likeness (QED) is 0.464. The van der Waals surface area contributed by atoms with Crippen LogP contribution in [0.1, 0.15) is 40.4 Å². The van der Waals surface area contributed by atoms with Gasteiger partial charge in [-0.2, -0.15) is 13.2 Å². The summed E-state index contributed by atoms with van der Waals surface area (Å²) in [5, 5.41) is 2.79. The Bertz CT molecular complexity index is 1210. The van der Waals surface area contributed by atoms with Crippen molar-refractivity contribution >= 4 is 43.3 Å². The fourth-order valence-corrected chi connectivity index (χ4v) is 5.97. The Morgan fingerprint density at radius 3 is 2.60 bits per heavy atom. The largest absolute Gasteiger partial charge is 0.416 e. The lowest BCUT2D eigenvalue weighted by Crippen LogP contribution is -2.27. The minimum atomic E-state index is -4.67. The molecule has 2 aromatic carbocycles. The molecule has 1 amide bonds. The highest BCUT2D eigenvalue weighted by Gasteiger charge is 2.36. The van der Waals surface area contributed by atoms with Gasteiger partial charge in [0, 0.05) is 34.7 Å². The van der Waals surface area contributed by atoms with E-state index in [-0.39, 0.29) is 55.8 Å². The van der Waals surface area contributed by atoms with E-state index < -0.39 is 27.5 Å². The molecule has 1 heterocycles. The van der Waals surface area contributed by atoms with Gasteiger partial charge in [0.05, 0.1) is 16.2 Å². The predicted octanol–water partition coefficient (Wildman–Crippen LogP) is 4.63. The molecular weight excluding hydrogens is 571 g/mol. The molecule has 0 aromatic heterocycles. The third-order valence-corrected chi connectivity index (χ3v) is 8.80. The van der Waals surface area contributed by atoms with Crippen molar-refractivity contribution in [2.75, 3.05) is 25.4 Å². The van der Waals surface area contributed by atoms with Crippen LogP contribution in [0.5, 0.6) is 0 Å². The zero-order chi connectivity index (χ0) is 26.0. The zero-order valence-electron chi connectivity index (χ0n) is 19.0. The molecule has 1 aliphatic heterocycles. The maximum absolute atomic E-state index is 13.9. The summed E-state index contributed by atoms with van der Waals surface area (Å²) in [7, 11) is -3.59. The van der Waals surface area contributed by atoms with Crippen molar-refractivity contribution in [1.82, 2.24) is 10.2 Å². The summed E-state index contributed by atoms with van der Waals surface area (Å²) in [5.41, 5.74) is 4.90. The maximum Gasteiger partial charge on any atom is 0.416 e. The van der Waals surface area contributed by atoms with E-state index in [1.54, 1.807) is 0 Å². The van der Waals surface area contributed by atoms with E-state index in [0.717, 1.165) is 12.5 Å². The molecule has 0 saturated carbocycles. The summed E-state index contributed by atoms with van der Waals surface area (Å²) in [6.07, 6.45) is -3.84. The van der Waals surface area contributed by atoms with Crippen molar-refractivity contribution in [3.63, 3.8) is 0 Å². The minimum Gasteiger partial charge on any atom is -0.348 e. The number of hydrogen-bond acceptors (Lipinski definition) is 5. The summed E-state index contributed by atoms with van der Waals surface area (Å²) in [5.74, 6) is -0.671. The number of amides is 1. The molecule has 1 fully saturated rings. The van der Waals surface area contributed by atoms with Gasteiger partial charge in [0.1, 0.15) is 0 Å². The maximum atomic E-state index is 13.9. The standard InChI is InChI=1S/C23H26BrClF3N3O3S/c1-2-35(33,34)21-4-3-17(25)7-16(21)11-30-22(32)15-8-19(23(26,27)28)18(20(24)9-15)13-31-6-5-14(10-29)12-31/h3-4,7-9,14H,2,5-6,10-13,29H2,1H3,(H,30,32). The Kier molecular flexibility index (Phi) is 8.91. The SMILES string of the molecule is CCS(=O)(=O)c1ccc(Cl)cc1CNC(=O)c1cc(Br)c(CN2CCC(CN)C2)c(C(F)(F)F)c1. The van der Waals surface area contributed by atoms with Crippen LogP contribution < -0.4 is 11.1 Å². The summed E-state index contributed by atoms with van der Waals surface area (Å²) in [4.78, 5) is 14.7. The van der Waals surface area contributed by atoms with Gasteiger partial charge in [-0.05, 0) is 66.9 Å². The first kappa shape index (κ1) is 27.9. The van der Waals surface area contributed by atoms with Crippen LogP contribution in [0, 0.1) is 5.92 Å². The molecule has 3 N–H and O–H groups in total. The molecular formula is C23H26BrClF3N3O3S. The van der Waals surface area contributed by atoms with Gasteiger partial charge in [0.2, 0.25) is 0 Å². The lowest BCUT2D eigenvalue weighted by molar-refractivity contribution is -0.138. The Hall–Kier alpha value is -1.66. The first-order valence-electron chi connectivity index (χ1n) is 11.0. The molecule has 12 heteroatoms. The fourth-order valence-electron chi connectivity index (χ4n) is 4.08. The van der Waals surface area contributed by atoms with Gasteiger partial charge in [-0.3, -0.25) is 9.69 Å². The van der Waals surface area contributed by atoms with E-state index in [1.807, 2.05) is 4.90 Å². The average molecular weight is 597 g/mol. The van der Waals surface area contributed by atoms with E-state index in [2.05, 4.69) is 21.2 Å². The summed E-state index contributed by atoms with van der Waals surface area (Å²) < 4.78 is 66.7. The number of alkyl halides is 3. The zero-order valence-corrected chi connectivity index (χ0v) is 22.1. The van der Waals surface area contributed by atoms with Crippen LogP contribution >= 0.6 is 27.5 Å². The van der Waals surface area contributed by atoms with Crippen molar-refractivity contribution in [1.29, 1.82) is 0 Å². The second-order valence-electron chi connectivity index (χ2n) is 8.45. The lowest BCUT2D eigenvalue weighted by Gasteiger charge is -2.22. The Morgan fingerprint density at radius 2 is 2.00 bits per heavy atom. The van der Waals surface area contributed by atoms with E-state index in [9.17, 15) is 26.4 Å². The number of nitrogens with one attached hydrogen (secondary N) is 1. The number of rotatable bonds is 8. The average Bonchev–Trinajstić information content (AvgIpc) is 3.25. The van der Waals surface area contributed by atoms with Crippen molar-refractivity contribution in [3.05, 3.63) is 62.1 Å². The van der Waals surface area contributed by atoms with Gasteiger partial charge >= 0.3 is 6.18 Å². The lowest BCUT2D eigenvalue weighted by atomic mass is 10.0. The molecule has 1 unspecified atom stereocenters. The Morgan fingerprint density at radius 1 is 1.29 bits per heavy atom. The first-order valence-corrected chi connectivity index (χ1v) is 13.8. The second kappa shape index (κ2) is 11.2. The monoisotopic (exact) mass is 595 g/mol. The number of halogens is 5. The number of sulfone groups is 1. The third-order valence-electron chi connectivity index (χ3n) is 6.03. The van der Waals surface area contributed by atoms with Gasteiger partial charge in [0.15, 0.2) is 9.84 Å². The summed E-state index contributed by atoms with van der Waals surface area (Å²) >= 11 is 9.21. The topological polar surface area (TPSA) is 92.5 Å². The predicted molar refractivity (Wildman–Crippen MR) is 132 cm³/mol. The highest BCUT2D eigenvalue weighted by molar-refractivity contribution is 9.10. The van der Waals surface area contributed by atoms with Crippen molar-refractivity contribution < 1.29 is 26.4 Å². The number of hydrogen-bond donors (Lipinski definition) is 2. The number of likely N-dealkylation sites (tertiary alicyclic amines) is 1. The van der Waals surface area contributed by atoms with E-state index in [1.165, 1.54) is 31.2 Å². The van der Waals surface area contributed by atoms with Crippen LogP contribution in [0.2, 0.25) is 5.02 Å². The molecule has 0 bridgehead atoms. The molecule has 3 rings (SSSR count). The smallest absolute Gasteiger partial charge is 0.348 e. The number of nitrogens with zero attached hydrogens (tertiary/aromatic N) is 1. The number of carbonyl (C=O) groups is 1. The van der Waals surface area contributed by atoms with Crippen LogP contribution in [0.25, 0.3) is 0 Å². The molecule has 6 nitrogen and oxygen atoms in total. The van der Waals surface area contributed by atoms with Crippen LogP contribution in [0.3, 0.4) is 0 Å².